The summed E-state index contributed by atoms with van der Waals surface area (Å²) in [6.07, 6.45) is 9.44. The van der Waals surface area contributed by atoms with Crippen molar-refractivity contribution in [1.82, 2.24) is 4.90 Å². The van der Waals surface area contributed by atoms with Crippen LogP contribution in [0.2, 0.25) is 0 Å². The monoisotopic (exact) mass is 210 g/mol. The molecule has 0 spiro atoms. The van der Waals surface area contributed by atoms with Crippen LogP contribution in [0, 0.1) is 5.92 Å². The van der Waals surface area contributed by atoms with Crippen molar-refractivity contribution in [2.45, 2.75) is 63.5 Å². The van der Waals surface area contributed by atoms with Gasteiger partial charge in [0.05, 0.1) is 0 Å². The third-order valence-electron chi connectivity index (χ3n) is 4.55. The second-order valence-corrected chi connectivity index (χ2v) is 5.96. The van der Waals surface area contributed by atoms with Crippen molar-refractivity contribution in [3.63, 3.8) is 0 Å². The van der Waals surface area contributed by atoms with Gasteiger partial charge >= 0.3 is 0 Å². The first-order valence-corrected chi connectivity index (χ1v) is 6.60. The van der Waals surface area contributed by atoms with Crippen LogP contribution in [0.4, 0.5) is 0 Å². The van der Waals surface area contributed by atoms with Crippen molar-refractivity contribution in [2.24, 2.45) is 11.7 Å². The van der Waals surface area contributed by atoms with Crippen molar-refractivity contribution >= 4 is 0 Å². The van der Waals surface area contributed by atoms with E-state index in [4.69, 9.17) is 5.73 Å². The molecule has 2 fully saturated rings. The average Bonchev–Trinajstić information content (AvgIpc) is 2.16. The lowest BCUT2D eigenvalue weighted by Gasteiger charge is -2.45. The molecule has 2 unspecified atom stereocenters. The number of hydrogen-bond acceptors (Lipinski definition) is 2. The van der Waals surface area contributed by atoms with Crippen LogP contribution in [0.15, 0.2) is 0 Å². The minimum Gasteiger partial charge on any atom is -0.324 e. The Hall–Kier alpha value is -0.0800. The maximum atomic E-state index is 6.31. The van der Waals surface area contributed by atoms with Crippen LogP contribution in [-0.4, -0.2) is 30.1 Å². The quantitative estimate of drug-likeness (QED) is 0.775. The predicted octanol–water partition coefficient (Wildman–Crippen LogP) is 2.38. The molecule has 0 aromatic carbocycles. The lowest BCUT2D eigenvalue weighted by Crippen LogP contribution is -2.57. The molecule has 0 heterocycles. The Kier molecular flexibility index (Phi) is 3.36. The Morgan fingerprint density at radius 2 is 1.87 bits per heavy atom. The zero-order valence-corrected chi connectivity index (χ0v) is 10.3. The third kappa shape index (κ3) is 2.54. The zero-order chi connectivity index (χ0) is 10.9. The first-order chi connectivity index (χ1) is 7.11. The minimum absolute atomic E-state index is 0.159. The molecule has 2 nitrogen and oxygen atoms in total. The molecule has 0 aliphatic heterocycles. The van der Waals surface area contributed by atoms with Gasteiger partial charge in [-0.05, 0) is 45.1 Å². The lowest BCUT2D eigenvalue weighted by atomic mass is 9.76. The number of nitrogens with two attached hydrogens (primary N) is 1. The van der Waals surface area contributed by atoms with E-state index in [2.05, 4.69) is 18.9 Å². The van der Waals surface area contributed by atoms with E-state index in [9.17, 15) is 0 Å². The summed E-state index contributed by atoms with van der Waals surface area (Å²) in [4.78, 5) is 2.54. The second kappa shape index (κ2) is 4.42. The van der Waals surface area contributed by atoms with Crippen LogP contribution in [0.3, 0.4) is 0 Å². The fourth-order valence-corrected chi connectivity index (χ4v) is 3.35. The van der Waals surface area contributed by atoms with Crippen molar-refractivity contribution in [3.05, 3.63) is 0 Å². The first kappa shape index (κ1) is 11.4. The summed E-state index contributed by atoms with van der Waals surface area (Å²) in [5.41, 5.74) is 6.47. The van der Waals surface area contributed by atoms with Crippen LogP contribution < -0.4 is 5.73 Å². The van der Waals surface area contributed by atoms with Crippen molar-refractivity contribution in [1.29, 1.82) is 0 Å². The van der Waals surface area contributed by atoms with Gasteiger partial charge in [-0.1, -0.05) is 19.8 Å². The highest BCUT2D eigenvalue weighted by Crippen LogP contribution is 2.33. The molecule has 2 saturated carbocycles. The number of likely N-dealkylation sites (N-methyl/N-ethyl adjacent to an activating group) is 1. The molecule has 15 heavy (non-hydrogen) atoms. The molecule has 2 rings (SSSR count). The van der Waals surface area contributed by atoms with Gasteiger partial charge in [-0.2, -0.15) is 0 Å². The maximum absolute atomic E-state index is 6.31. The fourth-order valence-electron chi connectivity index (χ4n) is 3.35. The molecular formula is C13H26N2. The second-order valence-electron chi connectivity index (χ2n) is 5.96. The van der Waals surface area contributed by atoms with E-state index in [1.807, 2.05) is 0 Å². The average molecular weight is 210 g/mol. The standard InChI is InChI=1S/C13H26N2/c1-11-6-3-4-7-12(11)15(2)10-13(14)8-5-9-13/h11-12H,3-10,14H2,1-2H3. The Morgan fingerprint density at radius 1 is 1.20 bits per heavy atom. The Labute approximate surface area is 94.2 Å². The summed E-state index contributed by atoms with van der Waals surface area (Å²) in [7, 11) is 2.28. The largest absolute Gasteiger partial charge is 0.324 e. The van der Waals surface area contributed by atoms with E-state index in [1.54, 1.807) is 0 Å². The minimum atomic E-state index is 0.159. The van der Waals surface area contributed by atoms with Gasteiger partial charge in [0.15, 0.2) is 0 Å². The smallest absolute Gasteiger partial charge is 0.0283 e. The summed E-state index contributed by atoms with van der Waals surface area (Å²) >= 11 is 0. The normalized spacial score (nSPS) is 35.2. The highest BCUT2D eigenvalue weighted by molar-refractivity contribution is 4.96. The summed E-state index contributed by atoms with van der Waals surface area (Å²) < 4.78 is 0. The van der Waals surface area contributed by atoms with E-state index in [0.29, 0.717) is 0 Å². The molecular weight excluding hydrogens is 184 g/mol. The molecule has 2 heteroatoms. The maximum Gasteiger partial charge on any atom is 0.0283 e. The molecule has 0 radical (unpaired) electrons. The van der Waals surface area contributed by atoms with E-state index >= 15 is 0 Å². The molecule has 0 saturated heterocycles. The predicted molar refractivity (Wildman–Crippen MR) is 64.8 cm³/mol. The zero-order valence-electron chi connectivity index (χ0n) is 10.3. The van der Waals surface area contributed by atoms with Gasteiger partial charge in [-0.15, -0.1) is 0 Å². The van der Waals surface area contributed by atoms with Gasteiger partial charge in [0.1, 0.15) is 0 Å². The summed E-state index contributed by atoms with van der Waals surface area (Å²) in [5, 5.41) is 0. The highest BCUT2D eigenvalue weighted by atomic mass is 15.2. The third-order valence-corrected chi connectivity index (χ3v) is 4.55. The summed E-state index contributed by atoms with van der Waals surface area (Å²) in [6.45, 7) is 3.52. The molecule has 2 atom stereocenters. The van der Waals surface area contributed by atoms with Crippen LogP contribution >= 0.6 is 0 Å². The van der Waals surface area contributed by atoms with Gasteiger partial charge in [-0.3, -0.25) is 0 Å². The molecule has 0 aromatic heterocycles. The number of hydrogen-bond donors (Lipinski definition) is 1. The van der Waals surface area contributed by atoms with Crippen molar-refractivity contribution < 1.29 is 0 Å². The van der Waals surface area contributed by atoms with Gasteiger partial charge in [-0.25, -0.2) is 0 Å². The van der Waals surface area contributed by atoms with Gasteiger partial charge in [0, 0.05) is 18.1 Å². The lowest BCUT2D eigenvalue weighted by molar-refractivity contribution is 0.0855. The van der Waals surface area contributed by atoms with E-state index in [-0.39, 0.29) is 5.54 Å². The first-order valence-electron chi connectivity index (χ1n) is 6.60. The van der Waals surface area contributed by atoms with Crippen molar-refractivity contribution in [2.75, 3.05) is 13.6 Å². The molecule has 2 aliphatic rings. The number of rotatable bonds is 3. The summed E-state index contributed by atoms with van der Waals surface area (Å²) in [6, 6.07) is 0.791. The van der Waals surface area contributed by atoms with Crippen LogP contribution in [0.25, 0.3) is 0 Å². The molecule has 0 bridgehead atoms. The topological polar surface area (TPSA) is 29.3 Å². The van der Waals surface area contributed by atoms with E-state index in [1.165, 1.54) is 44.9 Å². The molecule has 0 amide bonds. The molecule has 2 aliphatic carbocycles. The van der Waals surface area contributed by atoms with Crippen LogP contribution in [-0.2, 0) is 0 Å². The summed E-state index contributed by atoms with van der Waals surface area (Å²) in [5.74, 6) is 0.868. The Morgan fingerprint density at radius 3 is 2.40 bits per heavy atom. The van der Waals surface area contributed by atoms with Gasteiger partial charge in [0.2, 0.25) is 0 Å². The number of nitrogens with zero attached hydrogens (tertiary/aromatic N) is 1. The van der Waals surface area contributed by atoms with E-state index < -0.39 is 0 Å². The van der Waals surface area contributed by atoms with Crippen LogP contribution in [0.1, 0.15) is 51.9 Å². The Bertz CT molecular complexity index is 211. The molecule has 2 N–H and O–H groups in total. The fraction of sp³-hybridized carbons (Fsp3) is 1.00. The highest BCUT2D eigenvalue weighted by Gasteiger charge is 2.36. The van der Waals surface area contributed by atoms with Gasteiger partial charge in [0.25, 0.3) is 0 Å². The van der Waals surface area contributed by atoms with Crippen LogP contribution in [0.5, 0.6) is 0 Å². The van der Waals surface area contributed by atoms with E-state index in [0.717, 1.165) is 18.5 Å². The molecule has 0 aromatic rings. The Balaban J connectivity index is 1.85. The van der Waals surface area contributed by atoms with Gasteiger partial charge < -0.3 is 10.6 Å². The SMILES string of the molecule is CC1CCCCC1N(C)CC1(N)CCC1. The van der Waals surface area contributed by atoms with Crippen molar-refractivity contribution in [3.8, 4) is 0 Å². The molecule has 88 valence electrons.